The lowest BCUT2D eigenvalue weighted by Crippen LogP contribution is -2.01. The van der Waals surface area contributed by atoms with E-state index in [0.717, 1.165) is 5.75 Å². The molecule has 0 aromatic heterocycles. The molecule has 0 atom stereocenters. The minimum atomic E-state index is -0.421. The highest BCUT2D eigenvalue weighted by Gasteiger charge is 2.10. The molecule has 0 unspecified atom stereocenters. The molecule has 3 rings (SSSR count). The molecule has 0 aliphatic heterocycles. The lowest BCUT2D eigenvalue weighted by Gasteiger charge is -2.06. The second-order valence-electron chi connectivity index (χ2n) is 4.78. The van der Waals surface area contributed by atoms with Crippen molar-refractivity contribution in [3.8, 4) is 11.5 Å². The molecule has 0 heterocycles. The Morgan fingerprint density at radius 3 is 2.09 bits per heavy atom. The second-order valence-corrected chi connectivity index (χ2v) is 4.78. The van der Waals surface area contributed by atoms with Crippen LogP contribution in [0.1, 0.15) is 15.9 Å². The highest BCUT2D eigenvalue weighted by atomic mass is 19.1. The zero-order valence-electron chi connectivity index (χ0n) is 11.7. The average Bonchev–Trinajstić information content (AvgIpc) is 2.56. The minimum absolute atomic E-state index is 0.217. The van der Waals surface area contributed by atoms with Gasteiger partial charge in [-0.15, -0.1) is 0 Å². The van der Waals surface area contributed by atoms with Crippen LogP contribution in [0.3, 0.4) is 0 Å². The number of hydrogen-bond acceptors (Lipinski definition) is 2. The number of benzene rings is 3. The Balaban J connectivity index is 1.78. The lowest BCUT2D eigenvalue weighted by atomic mass is 10.0. The first kappa shape index (κ1) is 14.0. The highest BCUT2D eigenvalue weighted by molar-refractivity contribution is 6.09. The van der Waals surface area contributed by atoms with Gasteiger partial charge in [-0.2, -0.15) is 0 Å². The van der Waals surface area contributed by atoms with Gasteiger partial charge in [0.15, 0.2) is 5.78 Å². The van der Waals surface area contributed by atoms with Crippen LogP contribution in [0.15, 0.2) is 78.9 Å². The predicted octanol–water partition coefficient (Wildman–Crippen LogP) is 4.85. The fourth-order valence-electron chi connectivity index (χ4n) is 2.10. The van der Waals surface area contributed by atoms with Crippen molar-refractivity contribution in [3.63, 3.8) is 0 Å². The Bertz CT molecular complexity index is 780. The van der Waals surface area contributed by atoms with Gasteiger partial charge in [0.25, 0.3) is 0 Å². The molecule has 0 aliphatic rings. The number of carbonyl (C=O) groups excluding carboxylic acids is 1. The summed E-state index contributed by atoms with van der Waals surface area (Å²) in [5.74, 6) is 0.731. The SMILES string of the molecule is O=C(c1ccc(Oc2ccccc2)cc1)c1cccc(F)c1. The van der Waals surface area contributed by atoms with Gasteiger partial charge >= 0.3 is 0 Å². The number of rotatable bonds is 4. The van der Waals surface area contributed by atoms with Crippen molar-refractivity contribution in [2.24, 2.45) is 0 Å². The van der Waals surface area contributed by atoms with Gasteiger partial charge in [-0.3, -0.25) is 4.79 Å². The monoisotopic (exact) mass is 292 g/mol. The third-order valence-electron chi connectivity index (χ3n) is 3.18. The van der Waals surface area contributed by atoms with Crippen molar-refractivity contribution in [1.82, 2.24) is 0 Å². The number of hydrogen-bond donors (Lipinski definition) is 0. The molecule has 108 valence electrons. The van der Waals surface area contributed by atoms with Crippen LogP contribution in [-0.2, 0) is 0 Å². The number of ether oxygens (including phenoxy) is 1. The molecule has 0 aliphatic carbocycles. The summed E-state index contributed by atoms with van der Waals surface area (Å²) in [6, 6.07) is 21.8. The summed E-state index contributed by atoms with van der Waals surface area (Å²) in [5, 5.41) is 0. The quantitative estimate of drug-likeness (QED) is 0.643. The summed E-state index contributed by atoms with van der Waals surface area (Å²) in [7, 11) is 0. The van der Waals surface area contributed by atoms with Crippen LogP contribution < -0.4 is 4.74 Å². The normalized spacial score (nSPS) is 10.2. The van der Waals surface area contributed by atoms with E-state index in [1.165, 1.54) is 18.2 Å². The summed E-state index contributed by atoms with van der Waals surface area (Å²) < 4.78 is 18.8. The Kier molecular flexibility index (Phi) is 3.97. The Hall–Kier alpha value is -2.94. The molecule has 3 aromatic carbocycles. The zero-order chi connectivity index (χ0) is 15.4. The van der Waals surface area contributed by atoms with E-state index in [2.05, 4.69) is 0 Å². The van der Waals surface area contributed by atoms with E-state index in [1.54, 1.807) is 30.3 Å². The van der Waals surface area contributed by atoms with Crippen molar-refractivity contribution >= 4 is 5.78 Å². The van der Waals surface area contributed by atoms with Crippen LogP contribution in [-0.4, -0.2) is 5.78 Å². The number of halogens is 1. The first-order chi connectivity index (χ1) is 10.7. The van der Waals surface area contributed by atoms with Gasteiger partial charge in [-0.25, -0.2) is 4.39 Å². The standard InChI is InChI=1S/C19H13FO2/c20-16-6-4-5-15(13-16)19(21)14-9-11-18(12-10-14)22-17-7-2-1-3-8-17/h1-13H. The molecule has 0 radical (unpaired) electrons. The van der Waals surface area contributed by atoms with Crippen molar-refractivity contribution < 1.29 is 13.9 Å². The van der Waals surface area contributed by atoms with Crippen LogP contribution >= 0.6 is 0 Å². The van der Waals surface area contributed by atoms with Crippen LogP contribution in [0, 0.1) is 5.82 Å². The van der Waals surface area contributed by atoms with Gasteiger partial charge in [0, 0.05) is 11.1 Å². The smallest absolute Gasteiger partial charge is 0.193 e. The van der Waals surface area contributed by atoms with Crippen molar-refractivity contribution in [2.45, 2.75) is 0 Å². The van der Waals surface area contributed by atoms with Gasteiger partial charge in [0.1, 0.15) is 17.3 Å². The molecular weight excluding hydrogens is 279 g/mol. The van der Waals surface area contributed by atoms with Crippen LogP contribution in [0.4, 0.5) is 4.39 Å². The van der Waals surface area contributed by atoms with Crippen LogP contribution in [0.2, 0.25) is 0 Å². The summed E-state index contributed by atoms with van der Waals surface area (Å²) in [6.07, 6.45) is 0. The molecule has 0 spiro atoms. The van der Waals surface area contributed by atoms with Crippen LogP contribution in [0.5, 0.6) is 11.5 Å². The molecule has 3 aromatic rings. The van der Waals surface area contributed by atoms with Gasteiger partial charge < -0.3 is 4.74 Å². The third kappa shape index (κ3) is 3.20. The summed E-state index contributed by atoms with van der Waals surface area (Å²) >= 11 is 0. The minimum Gasteiger partial charge on any atom is -0.457 e. The van der Waals surface area contributed by atoms with E-state index in [4.69, 9.17) is 4.74 Å². The molecule has 22 heavy (non-hydrogen) atoms. The van der Waals surface area contributed by atoms with Crippen molar-refractivity contribution in [2.75, 3.05) is 0 Å². The maximum atomic E-state index is 13.2. The summed E-state index contributed by atoms with van der Waals surface area (Å²) in [6.45, 7) is 0. The second kappa shape index (κ2) is 6.22. The topological polar surface area (TPSA) is 26.3 Å². The molecule has 0 fully saturated rings. The molecule has 2 nitrogen and oxygen atoms in total. The molecular formula is C19H13FO2. The van der Waals surface area contributed by atoms with Crippen molar-refractivity contribution in [1.29, 1.82) is 0 Å². The maximum absolute atomic E-state index is 13.2. The van der Waals surface area contributed by atoms with E-state index >= 15 is 0 Å². The van der Waals surface area contributed by atoms with E-state index in [0.29, 0.717) is 16.9 Å². The first-order valence-corrected chi connectivity index (χ1v) is 6.85. The number of carbonyl (C=O) groups is 1. The Morgan fingerprint density at radius 2 is 1.41 bits per heavy atom. The van der Waals surface area contributed by atoms with Gasteiger partial charge in [0.2, 0.25) is 0 Å². The number of para-hydroxylation sites is 1. The summed E-state index contributed by atoms with van der Waals surface area (Å²) in [5.41, 5.74) is 0.822. The van der Waals surface area contributed by atoms with E-state index in [-0.39, 0.29) is 5.78 Å². The van der Waals surface area contributed by atoms with Crippen LogP contribution in [0.25, 0.3) is 0 Å². The highest BCUT2D eigenvalue weighted by Crippen LogP contribution is 2.22. The van der Waals surface area contributed by atoms with E-state index in [1.807, 2.05) is 30.3 Å². The molecule has 0 amide bonds. The fourth-order valence-corrected chi connectivity index (χ4v) is 2.10. The van der Waals surface area contributed by atoms with Crippen molar-refractivity contribution in [3.05, 3.63) is 95.8 Å². The predicted molar refractivity (Wildman–Crippen MR) is 82.8 cm³/mol. The molecule has 0 saturated carbocycles. The number of ketones is 1. The first-order valence-electron chi connectivity index (χ1n) is 6.85. The van der Waals surface area contributed by atoms with Gasteiger partial charge in [0.05, 0.1) is 0 Å². The van der Waals surface area contributed by atoms with Gasteiger partial charge in [-0.1, -0.05) is 30.3 Å². The molecule has 0 saturated heterocycles. The molecule has 3 heteroatoms. The summed E-state index contributed by atoms with van der Waals surface area (Å²) in [4.78, 5) is 12.3. The third-order valence-corrected chi connectivity index (χ3v) is 3.18. The van der Waals surface area contributed by atoms with E-state index in [9.17, 15) is 9.18 Å². The van der Waals surface area contributed by atoms with E-state index < -0.39 is 5.82 Å². The Morgan fingerprint density at radius 1 is 0.727 bits per heavy atom. The van der Waals surface area contributed by atoms with Gasteiger partial charge in [-0.05, 0) is 48.5 Å². The molecule has 0 N–H and O–H groups in total. The zero-order valence-corrected chi connectivity index (χ0v) is 11.7. The Labute approximate surface area is 127 Å². The fraction of sp³-hybridized carbons (Fsp3) is 0. The average molecular weight is 292 g/mol. The lowest BCUT2D eigenvalue weighted by molar-refractivity contribution is 0.103. The molecule has 0 bridgehead atoms. The largest absolute Gasteiger partial charge is 0.457 e. The maximum Gasteiger partial charge on any atom is 0.193 e.